The summed E-state index contributed by atoms with van der Waals surface area (Å²) in [4.78, 5) is 12.2. The molecule has 0 radical (unpaired) electrons. The first kappa shape index (κ1) is 23.5. The zero-order chi connectivity index (χ0) is 22.9. The maximum atomic E-state index is 12.2. The number of hydrogen-bond acceptors (Lipinski definition) is 4. The van der Waals surface area contributed by atoms with Crippen LogP contribution in [0.5, 0.6) is 11.5 Å². The molecule has 3 aromatic carbocycles. The van der Waals surface area contributed by atoms with E-state index in [0.29, 0.717) is 24.0 Å². The SMILES string of the molecule is Cc1ccc(C(C)C)cc1OCC(=O)N/N=C\c1ccccc1OCc1cccc(Br)c1. The highest BCUT2D eigenvalue weighted by atomic mass is 79.9. The molecule has 0 spiro atoms. The van der Waals surface area contributed by atoms with Crippen LogP contribution in [0.25, 0.3) is 0 Å². The van der Waals surface area contributed by atoms with Gasteiger partial charge in [0.05, 0.1) is 6.21 Å². The van der Waals surface area contributed by atoms with Gasteiger partial charge in [-0.1, -0.05) is 66.2 Å². The molecule has 5 nitrogen and oxygen atoms in total. The quantitative estimate of drug-likeness (QED) is 0.293. The number of carbonyl (C=O) groups is 1. The summed E-state index contributed by atoms with van der Waals surface area (Å²) in [5.74, 6) is 1.45. The van der Waals surface area contributed by atoms with E-state index >= 15 is 0 Å². The summed E-state index contributed by atoms with van der Waals surface area (Å²) in [6.45, 7) is 6.52. The van der Waals surface area contributed by atoms with Gasteiger partial charge in [-0.3, -0.25) is 4.79 Å². The third kappa shape index (κ3) is 6.95. The molecule has 1 amide bonds. The fraction of sp³-hybridized carbons (Fsp3) is 0.231. The summed E-state index contributed by atoms with van der Waals surface area (Å²) in [5.41, 5.74) is 6.49. The molecule has 0 aromatic heterocycles. The average molecular weight is 495 g/mol. The van der Waals surface area contributed by atoms with Crippen molar-refractivity contribution >= 4 is 28.1 Å². The number of nitrogens with one attached hydrogen (secondary N) is 1. The third-order valence-corrected chi connectivity index (χ3v) is 5.33. The molecule has 0 atom stereocenters. The van der Waals surface area contributed by atoms with E-state index in [9.17, 15) is 4.79 Å². The van der Waals surface area contributed by atoms with Crippen LogP contribution in [0, 0.1) is 6.92 Å². The van der Waals surface area contributed by atoms with Crippen molar-refractivity contribution in [3.8, 4) is 11.5 Å². The van der Waals surface area contributed by atoms with E-state index in [2.05, 4.69) is 46.4 Å². The first-order valence-electron chi connectivity index (χ1n) is 10.4. The number of hydrazone groups is 1. The van der Waals surface area contributed by atoms with Crippen LogP contribution in [-0.4, -0.2) is 18.7 Å². The van der Waals surface area contributed by atoms with Crippen molar-refractivity contribution in [3.63, 3.8) is 0 Å². The van der Waals surface area contributed by atoms with Crippen molar-refractivity contribution in [2.75, 3.05) is 6.61 Å². The van der Waals surface area contributed by atoms with E-state index in [1.54, 1.807) is 6.21 Å². The fourth-order valence-electron chi connectivity index (χ4n) is 2.99. The standard InChI is InChI=1S/C26H27BrN2O3/c1-18(2)21-12-11-19(3)25(14-21)32-17-26(30)29-28-15-22-8-4-5-10-24(22)31-16-20-7-6-9-23(27)13-20/h4-15,18H,16-17H2,1-3H3,(H,29,30)/b28-15-. The summed E-state index contributed by atoms with van der Waals surface area (Å²) in [5, 5.41) is 4.06. The molecule has 0 saturated carbocycles. The Morgan fingerprint density at radius 3 is 2.62 bits per heavy atom. The van der Waals surface area contributed by atoms with Gasteiger partial charge in [0.25, 0.3) is 5.91 Å². The van der Waals surface area contributed by atoms with Crippen LogP contribution in [0.4, 0.5) is 0 Å². The second-order valence-corrected chi connectivity index (χ2v) is 8.63. The van der Waals surface area contributed by atoms with Crippen molar-refractivity contribution in [1.82, 2.24) is 5.43 Å². The molecule has 0 saturated heterocycles. The van der Waals surface area contributed by atoms with Gasteiger partial charge in [-0.15, -0.1) is 0 Å². The molecule has 0 aliphatic rings. The summed E-state index contributed by atoms with van der Waals surface area (Å²) in [6.07, 6.45) is 1.57. The first-order chi connectivity index (χ1) is 15.4. The normalized spacial score (nSPS) is 11.0. The number of ether oxygens (including phenoxy) is 2. The number of rotatable bonds is 9. The largest absolute Gasteiger partial charge is 0.488 e. The molecule has 3 aromatic rings. The van der Waals surface area contributed by atoms with Crippen LogP contribution in [0.15, 0.2) is 76.3 Å². The molecule has 1 N–H and O–H groups in total. The van der Waals surface area contributed by atoms with E-state index < -0.39 is 0 Å². The smallest absolute Gasteiger partial charge is 0.277 e. The number of carbonyl (C=O) groups excluding carboxylic acids is 1. The topological polar surface area (TPSA) is 59.9 Å². The number of amides is 1. The van der Waals surface area contributed by atoms with Crippen molar-refractivity contribution in [2.45, 2.75) is 33.3 Å². The summed E-state index contributed by atoms with van der Waals surface area (Å²) >= 11 is 3.46. The Bertz CT molecular complexity index is 1100. The number of para-hydroxylation sites is 1. The summed E-state index contributed by atoms with van der Waals surface area (Å²) < 4.78 is 12.6. The molecule has 32 heavy (non-hydrogen) atoms. The first-order valence-corrected chi connectivity index (χ1v) is 11.2. The number of benzene rings is 3. The van der Waals surface area contributed by atoms with Gasteiger partial charge in [-0.05, 0) is 59.9 Å². The molecule has 166 valence electrons. The van der Waals surface area contributed by atoms with Gasteiger partial charge in [0, 0.05) is 10.0 Å². The zero-order valence-corrected chi connectivity index (χ0v) is 20.1. The Balaban J connectivity index is 1.54. The summed E-state index contributed by atoms with van der Waals surface area (Å²) in [7, 11) is 0. The van der Waals surface area contributed by atoms with E-state index in [-0.39, 0.29) is 12.5 Å². The van der Waals surface area contributed by atoms with Crippen molar-refractivity contribution < 1.29 is 14.3 Å². The van der Waals surface area contributed by atoms with Gasteiger partial charge in [-0.2, -0.15) is 5.10 Å². The van der Waals surface area contributed by atoms with Gasteiger partial charge < -0.3 is 9.47 Å². The minimum Gasteiger partial charge on any atom is -0.488 e. The third-order valence-electron chi connectivity index (χ3n) is 4.83. The molecule has 0 fully saturated rings. The Kier molecular flexibility index (Phi) is 8.45. The summed E-state index contributed by atoms with van der Waals surface area (Å²) in [6, 6.07) is 21.5. The van der Waals surface area contributed by atoms with Gasteiger partial charge in [0.15, 0.2) is 6.61 Å². The molecule has 0 unspecified atom stereocenters. The number of aryl methyl sites for hydroxylation is 1. The minimum atomic E-state index is -0.330. The lowest BCUT2D eigenvalue weighted by atomic mass is 10.0. The van der Waals surface area contributed by atoms with Crippen LogP contribution in [0.2, 0.25) is 0 Å². The average Bonchev–Trinajstić information content (AvgIpc) is 2.78. The Morgan fingerprint density at radius 2 is 1.84 bits per heavy atom. The highest BCUT2D eigenvalue weighted by Crippen LogP contribution is 2.24. The molecule has 0 aliphatic heterocycles. The highest BCUT2D eigenvalue weighted by molar-refractivity contribution is 9.10. The zero-order valence-electron chi connectivity index (χ0n) is 18.5. The molecule has 0 bridgehead atoms. The molecule has 0 heterocycles. The predicted octanol–water partition coefficient (Wildman–Crippen LogP) is 5.99. The Labute approximate surface area is 197 Å². The van der Waals surface area contributed by atoms with Crippen molar-refractivity contribution in [2.24, 2.45) is 5.10 Å². The molecule has 0 aliphatic carbocycles. The van der Waals surface area contributed by atoms with E-state index in [1.165, 1.54) is 5.56 Å². The van der Waals surface area contributed by atoms with Crippen LogP contribution in [0.3, 0.4) is 0 Å². The van der Waals surface area contributed by atoms with Crippen molar-refractivity contribution in [3.05, 3.63) is 93.5 Å². The molecule has 3 rings (SSSR count). The molecule has 6 heteroatoms. The van der Waals surface area contributed by atoms with Crippen LogP contribution >= 0.6 is 15.9 Å². The number of halogens is 1. The van der Waals surface area contributed by atoms with E-state index in [1.807, 2.05) is 67.6 Å². The Hall–Kier alpha value is -3.12. The second-order valence-electron chi connectivity index (χ2n) is 7.72. The second kappa shape index (κ2) is 11.5. The van der Waals surface area contributed by atoms with Gasteiger partial charge in [0.1, 0.15) is 18.1 Å². The van der Waals surface area contributed by atoms with Crippen LogP contribution < -0.4 is 14.9 Å². The van der Waals surface area contributed by atoms with Gasteiger partial charge in [0.2, 0.25) is 0 Å². The number of hydrogen-bond donors (Lipinski definition) is 1. The van der Waals surface area contributed by atoms with Gasteiger partial charge >= 0.3 is 0 Å². The van der Waals surface area contributed by atoms with Crippen LogP contribution in [0.1, 0.15) is 42.0 Å². The fourth-order valence-corrected chi connectivity index (χ4v) is 3.43. The lowest BCUT2D eigenvalue weighted by Gasteiger charge is -2.12. The maximum Gasteiger partial charge on any atom is 0.277 e. The van der Waals surface area contributed by atoms with Crippen LogP contribution in [-0.2, 0) is 11.4 Å². The monoisotopic (exact) mass is 494 g/mol. The van der Waals surface area contributed by atoms with Gasteiger partial charge in [-0.25, -0.2) is 5.43 Å². The highest BCUT2D eigenvalue weighted by Gasteiger charge is 2.08. The molecular weight excluding hydrogens is 468 g/mol. The predicted molar refractivity (Wildman–Crippen MR) is 131 cm³/mol. The lowest BCUT2D eigenvalue weighted by Crippen LogP contribution is -2.24. The van der Waals surface area contributed by atoms with E-state index in [4.69, 9.17) is 9.47 Å². The number of nitrogens with zero attached hydrogens (tertiary/aromatic N) is 1. The Morgan fingerprint density at radius 1 is 1.03 bits per heavy atom. The lowest BCUT2D eigenvalue weighted by molar-refractivity contribution is -0.123. The molecular formula is C26H27BrN2O3. The minimum absolute atomic E-state index is 0.110. The maximum absolute atomic E-state index is 12.2. The van der Waals surface area contributed by atoms with E-state index in [0.717, 1.165) is 21.2 Å². The van der Waals surface area contributed by atoms with Crippen molar-refractivity contribution in [1.29, 1.82) is 0 Å².